The first-order chi connectivity index (χ1) is 10.6. The summed E-state index contributed by atoms with van der Waals surface area (Å²) in [4.78, 5) is 12.8. The fourth-order valence-corrected chi connectivity index (χ4v) is 3.30. The van der Waals surface area contributed by atoms with Gasteiger partial charge >= 0.3 is 0 Å². The maximum atomic E-state index is 12.8. The average Bonchev–Trinajstić information content (AvgIpc) is 2.44. The molecule has 0 radical (unpaired) electrons. The standard InChI is InChI=1S/C17H28N2O3S/c1-12(2)15(13(3)4)18-17(20)16(19(5)23(6,21)22)14-10-8-7-9-11-14/h7-13,15-16H,1-6H3,(H,18,20). The molecule has 6 heteroatoms. The van der Waals surface area contributed by atoms with Crippen molar-refractivity contribution >= 4 is 15.9 Å². The fourth-order valence-electron chi connectivity index (χ4n) is 2.70. The summed E-state index contributed by atoms with van der Waals surface area (Å²) in [7, 11) is -2.06. The van der Waals surface area contributed by atoms with Crippen LogP contribution in [-0.2, 0) is 14.8 Å². The third kappa shape index (κ3) is 5.32. The first-order valence-corrected chi connectivity index (χ1v) is 9.68. The van der Waals surface area contributed by atoms with Gasteiger partial charge in [-0.1, -0.05) is 58.0 Å². The van der Waals surface area contributed by atoms with Crippen LogP contribution in [0.2, 0.25) is 0 Å². The molecule has 1 atom stereocenters. The van der Waals surface area contributed by atoms with Gasteiger partial charge in [0, 0.05) is 13.1 Å². The highest BCUT2D eigenvalue weighted by molar-refractivity contribution is 7.88. The van der Waals surface area contributed by atoms with Gasteiger partial charge in [0.2, 0.25) is 15.9 Å². The molecule has 0 aliphatic rings. The molecule has 130 valence electrons. The molecular formula is C17H28N2O3S. The summed E-state index contributed by atoms with van der Waals surface area (Å²) in [6.45, 7) is 8.18. The number of nitrogens with one attached hydrogen (secondary N) is 1. The number of likely N-dealkylation sites (N-methyl/N-ethyl adjacent to an activating group) is 1. The van der Waals surface area contributed by atoms with Gasteiger partial charge in [0.25, 0.3) is 0 Å². The van der Waals surface area contributed by atoms with Crippen molar-refractivity contribution in [1.82, 2.24) is 9.62 Å². The second-order valence-electron chi connectivity index (χ2n) is 6.61. The zero-order chi connectivity index (χ0) is 17.8. The molecule has 0 saturated heterocycles. The Labute approximate surface area is 140 Å². The molecule has 0 spiro atoms. The number of nitrogens with zero attached hydrogens (tertiary/aromatic N) is 1. The van der Waals surface area contributed by atoms with E-state index >= 15 is 0 Å². The number of rotatable bonds is 7. The first kappa shape index (κ1) is 19.6. The van der Waals surface area contributed by atoms with Crippen LogP contribution in [0.5, 0.6) is 0 Å². The van der Waals surface area contributed by atoms with Crippen molar-refractivity contribution in [2.75, 3.05) is 13.3 Å². The molecular weight excluding hydrogens is 312 g/mol. The molecule has 1 amide bonds. The van der Waals surface area contributed by atoms with E-state index in [0.29, 0.717) is 5.56 Å². The summed E-state index contributed by atoms with van der Waals surface area (Å²) in [5.74, 6) is 0.231. The number of hydrogen-bond acceptors (Lipinski definition) is 3. The maximum absolute atomic E-state index is 12.8. The Morgan fingerprint density at radius 2 is 1.52 bits per heavy atom. The van der Waals surface area contributed by atoms with Crippen LogP contribution in [0.25, 0.3) is 0 Å². The molecule has 1 aromatic carbocycles. The smallest absolute Gasteiger partial charge is 0.243 e. The third-order valence-electron chi connectivity index (χ3n) is 4.00. The van der Waals surface area contributed by atoms with Gasteiger partial charge < -0.3 is 5.32 Å². The summed E-state index contributed by atoms with van der Waals surface area (Å²) in [6.07, 6.45) is 1.11. The lowest BCUT2D eigenvalue weighted by Crippen LogP contribution is -2.48. The monoisotopic (exact) mass is 340 g/mol. The van der Waals surface area contributed by atoms with Crippen molar-refractivity contribution in [3.05, 3.63) is 35.9 Å². The van der Waals surface area contributed by atoms with Crippen molar-refractivity contribution in [2.24, 2.45) is 11.8 Å². The fraction of sp³-hybridized carbons (Fsp3) is 0.588. The van der Waals surface area contributed by atoms with E-state index in [4.69, 9.17) is 0 Å². The highest BCUT2D eigenvalue weighted by Crippen LogP contribution is 2.23. The number of hydrogen-bond donors (Lipinski definition) is 1. The Hall–Kier alpha value is -1.40. The van der Waals surface area contributed by atoms with Gasteiger partial charge in [-0.2, -0.15) is 4.31 Å². The van der Waals surface area contributed by atoms with E-state index in [1.807, 2.05) is 33.8 Å². The Morgan fingerprint density at radius 3 is 1.91 bits per heavy atom. The van der Waals surface area contributed by atoms with E-state index in [-0.39, 0.29) is 23.8 Å². The topological polar surface area (TPSA) is 66.5 Å². The number of carbonyl (C=O) groups excluding carboxylic acids is 1. The molecule has 0 fully saturated rings. The number of amides is 1. The first-order valence-electron chi connectivity index (χ1n) is 7.84. The quantitative estimate of drug-likeness (QED) is 0.829. The molecule has 0 bridgehead atoms. The van der Waals surface area contributed by atoms with E-state index in [9.17, 15) is 13.2 Å². The van der Waals surface area contributed by atoms with Crippen molar-refractivity contribution in [3.8, 4) is 0 Å². The van der Waals surface area contributed by atoms with Crippen molar-refractivity contribution in [1.29, 1.82) is 0 Å². The lowest BCUT2D eigenvalue weighted by Gasteiger charge is -2.31. The number of benzene rings is 1. The van der Waals surface area contributed by atoms with Crippen LogP contribution in [0.1, 0.15) is 39.3 Å². The predicted octanol–water partition coefficient (Wildman–Crippen LogP) is 2.42. The lowest BCUT2D eigenvalue weighted by molar-refractivity contribution is -0.126. The zero-order valence-electron chi connectivity index (χ0n) is 14.8. The summed E-state index contributed by atoms with van der Waals surface area (Å²) >= 11 is 0. The van der Waals surface area contributed by atoms with Crippen molar-refractivity contribution < 1.29 is 13.2 Å². The van der Waals surface area contributed by atoms with E-state index in [1.54, 1.807) is 24.3 Å². The van der Waals surface area contributed by atoms with Crippen molar-refractivity contribution in [3.63, 3.8) is 0 Å². The molecule has 5 nitrogen and oxygen atoms in total. The lowest BCUT2D eigenvalue weighted by atomic mass is 9.92. The van der Waals surface area contributed by atoms with Gasteiger partial charge in [0.05, 0.1) is 6.26 Å². The molecule has 0 saturated carbocycles. The Kier molecular flexibility index (Phi) is 6.77. The van der Waals surface area contributed by atoms with Gasteiger partial charge in [-0.15, -0.1) is 0 Å². The predicted molar refractivity (Wildman–Crippen MR) is 93.4 cm³/mol. The SMILES string of the molecule is CC(C)C(NC(=O)C(c1ccccc1)N(C)S(C)(=O)=O)C(C)C. The van der Waals surface area contributed by atoms with Crippen molar-refractivity contribution in [2.45, 2.75) is 39.8 Å². The molecule has 1 rings (SSSR count). The minimum absolute atomic E-state index is 0.0123. The molecule has 0 heterocycles. The van der Waals surface area contributed by atoms with E-state index < -0.39 is 16.1 Å². The number of carbonyl (C=O) groups is 1. The average molecular weight is 340 g/mol. The van der Waals surface area contributed by atoms with E-state index in [2.05, 4.69) is 5.32 Å². The molecule has 0 aliphatic carbocycles. The highest BCUT2D eigenvalue weighted by atomic mass is 32.2. The summed E-state index contributed by atoms with van der Waals surface area (Å²) in [6, 6.07) is 8.09. The largest absolute Gasteiger partial charge is 0.351 e. The summed E-state index contributed by atoms with van der Waals surface area (Å²) < 4.78 is 25.0. The minimum atomic E-state index is -3.50. The Morgan fingerprint density at radius 1 is 1.04 bits per heavy atom. The van der Waals surface area contributed by atoms with Gasteiger partial charge in [-0.05, 0) is 17.4 Å². The van der Waals surface area contributed by atoms with Crippen LogP contribution in [0, 0.1) is 11.8 Å². The van der Waals surface area contributed by atoms with Crippen LogP contribution in [0.15, 0.2) is 30.3 Å². The second-order valence-corrected chi connectivity index (χ2v) is 8.66. The van der Waals surface area contributed by atoms with Gasteiger partial charge in [-0.3, -0.25) is 4.79 Å². The summed E-state index contributed by atoms with van der Waals surface area (Å²) in [5, 5.41) is 3.02. The molecule has 0 aliphatic heterocycles. The van der Waals surface area contributed by atoms with Crippen LogP contribution >= 0.6 is 0 Å². The molecule has 1 aromatic rings. The highest BCUT2D eigenvalue weighted by Gasteiger charge is 2.32. The molecule has 1 unspecified atom stereocenters. The van der Waals surface area contributed by atoms with E-state index in [1.165, 1.54) is 7.05 Å². The van der Waals surface area contributed by atoms with Crippen LogP contribution < -0.4 is 5.32 Å². The zero-order valence-corrected chi connectivity index (χ0v) is 15.6. The molecule has 1 N–H and O–H groups in total. The third-order valence-corrected chi connectivity index (χ3v) is 5.25. The summed E-state index contributed by atoms with van der Waals surface area (Å²) in [5.41, 5.74) is 0.657. The van der Waals surface area contributed by atoms with Gasteiger partial charge in [0.15, 0.2) is 0 Å². The minimum Gasteiger partial charge on any atom is -0.351 e. The molecule has 0 aromatic heterocycles. The Bertz CT molecular complexity index is 604. The normalized spacial score (nSPS) is 13.8. The molecule has 23 heavy (non-hydrogen) atoms. The number of sulfonamides is 1. The van der Waals surface area contributed by atoms with Crippen LogP contribution in [-0.4, -0.2) is 38.0 Å². The van der Waals surface area contributed by atoms with Crippen LogP contribution in [0.3, 0.4) is 0 Å². The van der Waals surface area contributed by atoms with E-state index in [0.717, 1.165) is 10.6 Å². The van der Waals surface area contributed by atoms with Gasteiger partial charge in [0.1, 0.15) is 6.04 Å². The Balaban J connectivity index is 3.17. The van der Waals surface area contributed by atoms with Crippen LogP contribution in [0.4, 0.5) is 0 Å². The maximum Gasteiger partial charge on any atom is 0.243 e. The van der Waals surface area contributed by atoms with Gasteiger partial charge in [-0.25, -0.2) is 8.42 Å². The second kappa shape index (κ2) is 7.93.